The number of nitrogens with zero attached hydrogens (tertiary/aromatic N) is 4. The molecule has 4 nitrogen and oxygen atoms in total. The molecule has 0 unspecified atom stereocenters. The molecular weight excluding hydrogens is 404 g/mol. The Morgan fingerprint density at radius 2 is 1.69 bits per heavy atom. The van der Waals surface area contributed by atoms with Crippen LogP contribution in [-0.2, 0) is 6.18 Å². The summed E-state index contributed by atoms with van der Waals surface area (Å²) >= 11 is 4.33. The predicted molar refractivity (Wildman–Crippen MR) is 102 cm³/mol. The highest BCUT2D eigenvalue weighted by molar-refractivity contribution is 7.80. The number of thiol groups is 1. The van der Waals surface area contributed by atoms with Crippen molar-refractivity contribution in [1.82, 2.24) is 19.5 Å². The first kappa shape index (κ1) is 19.1. The van der Waals surface area contributed by atoms with E-state index in [1.54, 1.807) is 24.3 Å². The Kier molecular flexibility index (Phi) is 4.83. The zero-order valence-corrected chi connectivity index (χ0v) is 15.5. The standard InChI is InChI=1S/C20H12F4N4S/c21-14-6-4-12(5-7-14)17-16(13-2-1-3-15(29)10-13)18(28-9-8-25-11-28)27-19(26-17)20(22,23)24/h1-11,29H. The molecule has 0 aliphatic carbocycles. The number of benzene rings is 2. The Morgan fingerprint density at radius 1 is 0.931 bits per heavy atom. The minimum Gasteiger partial charge on any atom is -0.290 e. The van der Waals surface area contributed by atoms with Crippen molar-refractivity contribution < 1.29 is 17.6 Å². The maximum atomic E-state index is 13.5. The summed E-state index contributed by atoms with van der Waals surface area (Å²) in [5.41, 5.74) is 1.25. The van der Waals surface area contributed by atoms with Gasteiger partial charge in [0.25, 0.3) is 0 Å². The largest absolute Gasteiger partial charge is 0.451 e. The molecule has 146 valence electrons. The van der Waals surface area contributed by atoms with Gasteiger partial charge in [-0.3, -0.25) is 4.57 Å². The number of hydrogen-bond donors (Lipinski definition) is 1. The van der Waals surface area contributed by atoms with Crippen LogP contribution in [0.15, 0.2) is 72.1 Å². The third-order valence-electron chi connectivity index (χ3n) is 4.14. The van der Waals surface area contributed by atoms with Crippen molar-refractivity contribution in [1.29, 1.82) is 0 Å². The summed E-state index contributed by atoms with van der Waals surface area (Å²) < 4.78 is 55.4. The fourth-order valence-electron chi connectivity index (χ4n) is 2.89. The number of rotatable bonds is 3. The van der Waals surface area contributed by atoms with E-state index in [0.29, 0.717) is 21.6 Å². The summed E-state index contributed by atoms with van der Waals surface area (Å²) in [6.45, 7) is 0. The van der Waals surface area contributed by atoms with Gasteiger partial charge in [0.2, 0.25) is 5.82 Å². The van der Waals surface area contributed by atoms with Crippen LogP contribution >= 0.6 is 12.6 Å². The molecule has 0 aliphatic heterocycles. The lowest BCUT2D eigenvalue weighted by Crippen LogP contribution is -2.15. The summed E-state index contributed by atoms with van der Waals surface area (Å²) in [6.07, 6.45) is -0.490. The zero-order chi connectivity index (χ0) is 20.6. The van der Waals surface area contributed by atoms with Gasteiger partial charge in [-0.1, -0.05) is 12.1 Å². The van der Waals surface area contributed by atoms with Crippen molar-refractivity contribution in [3.63, 3.8) is 0 Å². The van der Waals surface area contributed by atoms with E-state index in [1.807, 2.05) is 0 Å². The molecule has 29 heavy (non-hydrogen) atoms. The van der Waals surface area contributed by atoms with E-state index in [-0.39, 0.29) is 11.5 Å². The number of halogens is 4. The molecule has 0 fully saturated rings. The molecule has 0 radical (unpaired) electrons. The average molecular weight is 416 g/mol. The summed E-state index contributed by atoms with van der Waals surface area (Å²) in [7, 11) is 0. The van der Waals surface area contributed by atoms with Crippen LogP contribution < -0.4 is 0 Å². The van der Waals surface area contributed by atoms with Crippen LogP contribution in [0.1, 0.15) is 5.82 Å². The van der Waals surface area contributed by atoms with Gasteiger partial charge in [-0.15, -0.1) is 12.6 Å². The van der Waals surface area contributed by atoms with Crippen LogP contribution in [0.25, 0.3) is 28.2 Å². The van der Waals surface area contributed by atoms with E-state index in [0.717, 1.165) is 0 Å². The minimum atomic E-state index is -4.77. The molecular formula is C20H12F4N4S. The maximum absolute atomic E-state index is 13.5. The molecule has 2 aromatic carbocycles. The Morgan fingerprint density at radius 3 is 2.31 bits per heavy atom. The second-order valence-electron chi connectivity index (χ2n) is 6.12. The van der Waals surface area contributed by atoms with Crippen LogP contribution in [0.3, 0.4) is 0 Å². The molecule has 0 atom stereocenters. The molecule has 0 amide bonds. The van der Waals surface area contributed by atoms with Gasteiger partial charge in [0, 0.05) is 22.9 Å². The third-order valence-corrected chi connectivity index (χ3v) is 4.42. The van der Waals surface area contributed by atoms with Crippen LogP contribution in [0, 0.1) is 5.82 Å². The quantitative estimate of drug-likeness (QED) is 0.357. The van der Waals surface area contributed by atoms with E-state index < -0.39 is 17.8 Å². The van der Waals surface area contributed by atoms with Gasteiger partial charge in [-0.2, -0.15) is 13.2 Å². The molecule has 0 saturated carbocycles. The van der Waals surface area contributed by atoms with Gasteiger partial charge < -0.3 is 0 Å². The van der Waals surface area contributed by atoms with E-state index in [9.17, 15) is 17.6 Å². The molecule has 0 N–H and O–H groups in total. The third kappa shape index (κ3) is 3.86. The Labute approximate surface area is 168 Å². The summed E-state index contributed by atoms with van der Waals surface area (Å²) in [5, 5.41) is 0. The lowest BCUT2D eigenvalue weighted by molar-refractivity contribution is -0.144. The average Bonchev–Trinajstić information content (AvgIpc) is 3.21. The summed E-state index contributed by atoms with van der Waals surface area (Å²) in [5.74, 6) is -1.80. The number of aromatic nitrogens is 4. The van der Waals surface area contributed by atoms with Gasteiger partial charge >= 0.3 is 6.18 Å². The van der Waals surface area contributed by atoms with E-state index in [1.165, 1.54) is 47.6 Å². The fourth-order valence-corrected chi connectivity index (χ4v) is 3.12. The number of imidazole rings is 1. The lowest BCUT2D eigenvalue weighted by Gasteiger charge is -2.17. The first-order valence-corrected chi connectivity index (χ1v) is 8.80. The Balaban J connectivity index is 2.11. The highest BCUT2D eigenvalue weighted by atomic mass is 32.1. The second-order valence-corrected chi connectivity index (χ2v) is 6.64. The highest BCUT2D eigenvalue weighted by Gasteiger charge is 2.37. The maximum Gasteiger partial charge on any atom is 0.451 e. The van der Waals surface area contributed by atoms with Crippen LogP contribution in [-0.4, -0.2) is 19.5 Å². The number of alkyl halides is 3. The smallest absolute Gasteiger partial charge is 0.290 e. The molecule has 0 saturated heterocycles. The Hall–Kier alpha value is -3.20. The summed E-state index contributed by atoms with van der Waals surface area (Å²) in [4.78, 5) is 12.1. The minimum absolute atomic E-state index is 0.00285. The highest BCUT2D eigenvalue weighted by Crippen LogP contribution is 2.38. The first-order valence-electron chi connectivity index (χ1n) is 8.36. The normalized spacial score (nSPS) is 11.6. The van der Waals surface area contributed by atoms with Crippen molar-refractivity contribution >= 4 is 12.6 Å². The van der Waals surface area contributed by atoms with E-state index in [4.69, 9.17) is 0 Å². The topological polar surface area (TPSA) is 43.6 Å². The Bertz CT molecular complexity index is 1160. The van der Waals surface area contributed by atoms with Crippen LogP contribution in [0.5, 0.6) is 0 Å². The molecule has 2 heterocycles. The van der Waals surface area contributed by atoms with Gasteiger partial charge in [0.1, 0.15) is 12.1 Å². The monoisotopic (exact) mass is 416 g/mol. The molecule has 0 spiro atoms. The molecule has 0 bridgehead atoms. The van der Waals surface area contributed by atoms with Crippen LogP contribution in [0.2, 0.25) is 0 Å². The van der Waals surface area contributed by atoms with Crippen molar-refractivity contribution in [3.05, 3.63) is 78.9 Å². The summed E-state index contributed by atoms with van der Waals surface area (Å²) in [6, 6.07) is 12.0. The van der Waals surface area contributed by atoms with Crippen molar-refractivity contribution in [2.24, 2.45) is 0 Å². The van der Waals surface area contributed by atoms with Gasteiger partial charge in [0.15, 0.2) is 5.82 Å². The fraction of sp³-hybridized carbons (Fsp3) is 0.0500. The van der Waals surface area contributed by atoms with E-state index in [2.05, 4.69) is 27.6 Å². The number of hydrogen-bond acceptors (Lipinski definition) is 4. The molecule has 0 aliphatic rings. The predicted octanol–water partition coefficient (Wildman–Crippen LogP) is 5.44. The zero-order valence-electron chi connectivity index (χ0n) is 14.6. The molecule has 4 rings (SSSR count). The van der Waals surface area contributed by atoms with Gasteiger partial charge in [-0.25, -0.2) is 19.3 Å². The molecule has 2 aromatic heterocycles. The van der Waals surface area contributed by atoms with E-state index >= 15 is 0 Å². The van der Waals surface area contributed by atoms with Gasteiger partial charge in [0.05, 0.1) is 11.3 Å². The first-order chi connectivity index (χ1) is 13.8. The van der Waals surface area contributed by atoms with Crippen molar-refractivity contribution in [2.75, 3.05) is 0 Å². The van der Waals surface area contributed by atoms with Crippen molar-refractivity contribution in [2.45, 2.75) is 11.1 Å². The SMILES string of the molecule is Fc1ccc(-c2nc(C(F)(F)F)nc(-n3ccnc3)c2-c2cccc(S)c2)cc1. The second kappa shape index (κ2) is 7.32. The molecule has 4 aromatic rings. The van der Waals surface area contributed by atoms with Crippen molar-refractivity contribution in [3.8, 4) is 28.2 Å². The lowest BCUT2D eigenvalue weighted by atomic mass is 9.99. The molecule has 9 heteroatoms. The van der Waals surface area contributed by atoms with Crippen LogP contribution in [0.4, 0.5) is 17.6 Å². The van der Waals surface area contributed by atoms with Gasteiger partial charge in [-0.05, 0) is 42.0 Å².